The van der Waals surface area contributed by atoms with Crippen molar-refractivity contribution in [3.05, 3.63) is 35.1 Å². The number of nitrogens with zero attached hydrogens (tertiary/aromatic N) is 4. The lowest BCUT2D eigenvalue weighted by atomic mass is 10.2. The Kier molecular flexibility index (Phi) is 4.77. The van der Waals surface area contributed by atoms with Crippen molar-refractivity contribution in [2.45, 2.75) is 6.54 Å². The summed E-state index contributed by atoms with van der Waals surface area (Å²) in [6, 6.07) is 5.31. The van der Waals surface area contributed by atoms with Crippen LogP contribution in [0.15, 0.2) is 24.4 Å². The van der Waals surface area contributed by atoms with Gasteiger partial charge >= 0.3 is 0 Å². The fraction of sp³-hybridized carbons (Fsp3) is 0.308. The normalized spacial score (nSPS) is 10.5. The summed E-state index contributed by atoms with van der Waals surface area (Å²) in [6.07, 6.45) is 1.55. The quantitative estimate of drug-likeness (QED) is 0.866. The van der Waals surface area contributed by atoms with Gasteiger partial charge < -0.3 is 16.0 Å². The van der Waals surface area contributed by atoms with Crippen molar-refractivity contribution in [1.29, 1.82) is 0 Å². The Morgan fingerprint density at radius 2 is 2.24 bits per heavy atom. The molecule has 1 amide bonds. The highest BCUT2D eigenvalue weighted by molar-refractivity contribution is 6.33. The van der Waals surface area contributed by atoms with Crippen molar-refractivity contribution in [3.63, 3.8) is 0 Å². The van der Waals surface area contributed by atoms with E-state index in [0.29, 0.717) is 23.8 Å². The SMILES string of the molecule is CN(C)c1ccc(NC(=O)c2cn(CCN)nn2)cc1Cl. The van der Waals surface area contributed by atoms with Gasteiger partial charge in [-0.05, 0) is 18.2 Å². The number of halogens is 1. The minimum Gasteiger partial charge on any atom is -0.376 e. The molecule has 112 valence electrons. The molecule has 0 aliphatic carbocycles. The van der Waals surface area contributed by atoms with Crippen LogP contribution in [0.3, 0.4) is 0 Å². The zero-order valence-corrected chi connectivity index (χ0v) is 12.6. The van der Waals surface area contributed by atoms with Gasteiger partial charge in [0.05, 0.1) is 23.5 Å². The fourth-order valence-electron chi connectivity index (χ4n) is 1.79. The average molecular weight is 309 g/mol. The Morgan fingerprint density at radius 1 is 1.48 bits per heavy atom. The topological polar surface area (TPSA) is 89.1 Å². The monoisotopic (exact) mass is 308 g/mol. The third-order valence-electron chi connectivity index (χ3n) is 2.82. The van der Waals surface area contributed by atoms with Crippen LogP contribution in [0.2, 0.25) is 5.02 Å². The van der Waals surface area contributed by atoms with E-state index in [1.54, 1.807) is 18.3 Å². The van der Waals surface area contributed by atoms with Gasteiger partial charge in [0.2, 0.25) is 0 Å². The third-order valence-corrected chi connectivity index (χ3v) is 3.12. The molecule has 1 aromatic heterocycles. The Bertz CT molecular complexity index is 639. The molecule has 0 spiro atoms. The van der Waals surface area contributed by atoms with E-state index >= 15 is 0 Å². The van der Waals surface area contributed by atoms with Crippen LogP contribution in [0, 0.1) is 0 Å². The van der Waals surface area contributed by atoms with Gasteiger partial charge in [-0.1, -0.05) is 16.8 Å². The number of carbonyl (C=O) groups excluding carboxylic acids is 1. The van der Waals surface area contributed by atoms with Crippen LogP contribution in [-0.4, -0.2) is 41.5 Å². The number of benzene rings is 1. The van der Waals surface area contributed by atoms with E-state index in [1.807, 2.05) is 25.1 Å². The van der Waals surface area contributed by atoms with Crippen molar-refractivity contribution in [3.8, 4) is 0 Å². The van der Waals surface area contributed by atoms with Crippen LogP contribution in [0.1, 0.15) is 10.5 Å². The van der Waals surface area contributed by atoms with Crippen LogP contribution in [0.5, 0.6) is 0 Å². The van der Waals surface area contributed by atoms with Gasteiger partial charge in [0.25, 0.3) is 5.91 Å². The molecule has 0 aliphatic rings. The molecule has 0 bridgehead atoms. The minimum absolute atomic E-state index is 0.233. The summed E-state index contributed by atoms with van der Waals surface area (Å²) in [5.41, 5.74) is 7.13. The third kappa shape index (κ3) is 3.71. The number of nitrogens with two attached hydrogens (primary N) is 1. The molecule has 0 radical (unpaired) electrons. The first kappa shape index (κ1) is 15.3. The predicted octanol–water partition coefficient (Wildman–Crippen LogP) is 1.21. The minimum atomic E-state index is -0.341. The van der Waals surface area contributed by atoms with Gasteiger partial charge in [-0.3, -0.25) is 9.48 Å². The molecule has 2 rings (SSSR count). The average Bonchev–Trinajstić information content (AvgIpc) is 2.87. The first-order valence-electron chi connectivity index (χ1n) is 6.39. The molecular weight excluding hydrogens is 292 g/mol. The molecule has 21 heavy (non-hydrogen) atoms. The van der Waals surface area contributed by atoms with Gasteiger partial charge in [0.15, 0.2) is 5.69 Å². The largest absolute Gasteiger partial charge is 0.376 e. The summed E-state index contributed by atoms with van der Waals surface area (Å²) in [7, 11) is 3.80. The summed E-state index contributed by atoms with van der Waals surface area (Å²) >= 11 is 6.16. The smallest absolute Gasteiger partial charge is 0.277 e. The summed E-state index contributed by atoms with van der Waals surface area (Å²) < 4.78 is 1.52. The van der Waals surface area contributed by atoms with Gasteiger partial charge in [0, 0.05) is 26.3 Å². The van der Waals surface area contributed by atoms with Crippen molar-refractivity contribution in [2.24, 2.45) is 5.73 Å². The summed E-state index contributed by atoms with van der Waals surface area (Å²) in [5, 5.41) is 10.9. The molecule has 0 saturated carbocycles. The summed E-state index contributed by atoms with van der Waals surface area (Å²) in [4.78, 5) is 13.9. The van der Waals surface area contributed by atoms with E-state index in [2.05, 4.69) is 15.6 Å². The number of hydrogen-bond donors (Lipinski definition) is 2. The van der Waals surface area contributed by atoms with Crippen molar-refractivity contribution >= 4 is 28.9 Å². The van der Waals surface area contributed by atoms with Gasteiger partial charge in [0.1, 0.15) is 0 Å². The Balaban J connectivity index is 2.10. The van der Waals surface area contributed by atoms with Crippen LogP contribution in [0.4, 0.5) is 11.4 Å². The molecule has 0 fully saturated rings. The lowest BCUT2D eigenvalue weighted by Gasteiger charge is -2.15. The zero-order valence-electron chi connectivity index (χ0n) is 11.9. The number of hydrogen-bond acceptors (Lipinski definition) is 5. The van der Waals surface area contributed by atoms with Crippen LogP contribution in [-0.2, 0) is 6.54 Å². The molecule has 8 heteroatoms. The number of anilines is 2. The van der Waals surface area contributed by atoms with Crippen molar-refractivity contribution in [2.75, 3.05) is 30.9 Å². The van der Waals surface area contributed by atoms with E-state index in [9.17, 15) is 4.79 Å². The molecule has 2 aromatic rings. The van der Waals surface area contributed by atoms with Crippen LogP contribution < -0.4 is 16.0 Å². The van der Waals surface area contributed by atoms with Crippen molar-refractivity contribution < 1.29 is 4.79 Å². The molecule has 1 aromatic carbocycles. The van der Waals surface area contributed by atoms with E-state index < -0.39 is 0 Å². The summed E-state index contributed by atoms with van der Waals surface area (Å²) in [5.74, 6) is -0.341. The molecule has 0 aliphatic heterocycles. The van der Waals surface area contributed by atoms with Crippen molar-refractivity contribution in [1.82, 2.24) is 15.0 Å². The van der Waals surface area contributed by atoms with E-state index in [-0.39, 0.29) is 11.6 Å². The first-order chi connectivity index (χ1) is 10.0. The molecule has 1 heterocycles. The number of aromatic nitrogens is 3. The maximum atomic E-state index is 12.1. The second-order valence-corrected chi connectivity index (χ2v) is 5.08. The maximum absolute atomic E-state index is 12.1. The van der Waals surface area contributed by atoms with Crippen LogP contribution in [0.25, 0.3) is 0 Å². The number of carbonyl (C=O) groups is 1. The number of amides is 1. The van der Waals surface area contributed by atoms with E-state index in [0.717, 1.165) is 5.69 Å². The fourth-order valence-corrected chi connectivity index (χ4v) is 2.14. The van der Waals surface area contributed by atoms with E-state index in [1.165, 1.54) is 4.68 Å². The molecule has 3 N–H and O–H groups in total. The highest BCUT2D eigenvalue weighted by Gasteiger charge is 2.12. The Labute approximate surface area is 127 Å². The Hall–Kier alpha value is -2.12. The van der Waals surface area contributed by atoms with Gasteiger partial charge in [-0.25, -0.2) is 0 Å². The van der Waals surface area contributed by atoms with E-state index in [4.69, 9.17) is 17.3 Å². The first-order valence-corrected chi connectivity index (χ1v) is 6.77. The second kappa shape index (κ2) is 6.55. The molecule has 0 atom stereocenters. The predicted molar refractivity (Wildman–Crippen MR) is 82.8 cm³/mol. The Morgan fingerprint density at radius 3 is 2.86 bits per heavy atom. The highest BCUT2D eigenvalue weighted by atomic mass is 35.5. The number of nitrogens with one attached hydrogen (secondary N) is 1. The molecule has 7 nitrogen and oxygen atoms in total. The lowest BCUT2D eigenvalue weighted by Crippen LogP contribution is -2.13. The lowest BCUT2D eigenvalue weighted by molar-refractivity contribution is 0.102. The highest BCUT2D eigenvalue weighted by Crippen LogP contribution is 2.27. The summed E-state index contributed by atoms with van der Waals surface area (Å²) in [6.45, 7) is 0.954. The zero-order chi connectivity index (χ0) is 15.4. The molecule has 0 saturated heterocycles. The number of rotatable bonds is 5. The molecule has 0 unspecified atom stereocenters. The standard InChI is InChI=1S/C13H17ClN6O/c1-19(2)12-4-3-9(7-10(12)14)16-13(21)11-8-20(6-5-15)18-17-11/h3-4,7-8H,5-6,15H2,1-2H3,(H,16,21). The maximum Gasteiger partial charge on any atom is 0.277 e. The van der Waals surface area contributed by atoms with Crippen LogP contribution >= 0.6 is 11.6 Å². The van der Waals surface area contributed by atoms with Gasteiger partial charge in [-0.2, -0.15) is 0 Å². The van der Waals surface area contributed by atoms with Gasteiger partial charge in [-0.15, -0.1) is 5.10 Å². The molecular formula is C13H17ClN6O. The second-order valence-electron chi connectivity index (χ2n) is 4.67.